The molecular formula is C14H18N4O2S. The molecule has 0 bridgehead atoms. The number of aryl methyl sites for hydroxylation is 2. The van der Waals surface area contributed by atoms with Crippen molar-refractivity contribution in [1.82, 2.24) is 4.98 Å². The van der Waals surface area contributed by atoms with E-state index in [0.29, 0.717) is 22.5 Å². The Hall–Kier alpha value is -2.12. The average molecular weight is 306 g/mol. The van der Waals surface area contributed by atoms with Gasteiger partial charge in [-0.3, -0.25) is 15.1 Å². The highest BCUT2D eigenvalue weighted by Gasteiger charge is 2.25. The third-order valence-electron chi connectivity index (χ3n) is 3.26. The molecule has 0 aliphatic rings. The molecule has 7 heteroatoms. The van der Waals surface area contributed by atoms with Gasteiger partial charge in [0.15, 0.2) is 0 Å². The zero-order chi connectivity index (χ0) is 15.6. The van der Waals surface area contributed by atoms with E-state index in [9.17, 15) is 8.42 Å². The second-order valence-electron chi connectivity index (χ2n) is 4.77. The maximum absolute atomic E-state index is 12.8. The van der Waals surface area contributed by atoms with Crippen molar-refractivity contribution in [3.05, 3.63) is 47.8 Å². The number of hydrogen-bond donors (Lipinski definition) is 2. The molecule has 3 N–H and O–H groups in total. The van der Waals surface area contributed by atoms with Crippen LogP contribution in [-0.4, -0.2) is 20.4 Å². The average Bonchev–Trinajstić information content (AvgIpc) is 2.46. The van der Waals surface area contributed by atoms with Crippen molar-refractivity contribution in [3.63, 3.8) is 0 Å². The highest BCUT2D eigenvalue weighted by atomic mass is 32.2. The number of pyridine rings is 1. The summed E-state index contributed by atoms with van der Waals surface area (Å²) in [7, 11) is -2.14. The minimum atomic E-state index is -3.65. The molecule has 112 valence electrons. The van der Waals surface area contributed by atoms with Crippen LogP contribution in [0.1, 0.15) is 11.1 Å². The molecule has 6 nitrogen and oxygen atoms in total. The van der Waals surface area contributed by atoms with Crippen molar-refractivity contribution >= 4 is 21.4 Å². The first-order chi connectivity index (χ1) is 9.87. The first-order valence-corrected chi connectivity index (χ1v) is 7.78. The summed E-state index contributed by atoms with van der Waals surface area (Å²) in [5, 5.41) is 0. The molecule has 0 saturated heterocycles. The van der Waals surface area contributed by atoms with Gasteiger partial charge in [-0.25, -0.2) is 8.42 Å². The van der Waals surface area contributed by atoms with E-state index in [-0.39, 0.29) is 4.90 Å². The molecule has 2 aromatic rings. The predicted octanol–water partition coefficient (Wildman–Crippen LogP) is 1.81. The monoisotopic (exact) mass is 306 g/mol. The molecule has 0 aliphatic heterocycles. The number of aromatic nitrogens is 1. The lowest BCUT2D eigenvalue weighted by Crippen LogP contribution is -2.28. The largest absolute Gasteiger partial charge is 0.324 e. The summed E-state index contributed by atoms with van der Waals surface area (Å²) >= 11 is 0. The van der Waals surface area contributed by atoms with E-state index in [4.69, 9.17) is 5.84 Å². The van der Waals surface area contributed by atoms with E-state index >= 15 is 0 Å². The van der Waals surface area contributed by atoms with Crippen molar-refractivity contribution in [3.8, 4) is 0 Å². The fraction of sp³-hybridized carbons (Fsp3) is 0.214. The Morgan fingerprint density at radius 2 is 1.86 bits per heavy atom. The third-order valence-corrected chi connectivity index (χ3v) is 5.35. The van der Waals surface area contributed by atoms with Crippen LogP contribution < -0.4 is 15.6 Å². The minimum Gasteiger partial charge on any atom is -0.324 e. The number of nitrogen functional groups attached to an aromatic ring is 1. The van der Waals surface area contributed by atoms with Crippen LogP contribution in [0.3, 0.4) is 0 Å². The second kappa shape index (κ2) is 5.71. The molecule has 0 unspecified atom stereocenters. The van der Waals surface area contributed by atoms with E-state index in [1.165, 1.54) is 17.5 Å². The van der Waals surface area contributed by atoms with Gasteiger partial charge in [-0.05, 0) is 49.2 Å². The van der Waals surface area contributed by atoms with Gasteiger partial charge in [0.05, 0.1) is 16.8 Å². The van der Waals surface area contributed by atoms with Crippen LogP contribution in [0.25, 0.3) is 0 Å². The molecule has 21 heavy (non-hydrogen) atoms. The number of anilines is 2. The van der Waals surface area contributed by atoms with Crippen molar-refractivity contribution in [2.75, 3.05) is 16.8 Å². The first-order valence-electron chi connectivity index (χ1n) is 6.34. The van der Waals surface area contributed by atoms with Gasteiger partial charge in [-0.15, -0.1) is 0 Å². The van der Waals surface area contributed by atoms with Crippen LogP contribution in [0.15, 0.2) is 41.6 Å². The molecule has 2 rings (SSSR count). The van der Waals surface area contributed by atoms with Crippen LogP contribution in [0, 0.1) is 13.8 Å². The Kier molecular flexibility index (Phi) is 4.15. The molecular weight excluding hydrogens is 288 g/mol. The summed E-state index contributed by atoms with van der Waals surface area (Å²) in [4.78, 5) is 4.24. The van der Waals surface area contributed by atoms with Crippen molar-refractivity contribution in [2.45, 2.75) is 18.7 Å². The standard InChI is InChI=1S/C14H18N4O2S/c1-10-7-12(17-15)8-11(2)14(10)21(19,20)18(3)13-5-4-6-16-9-13/h4-9,17H,15H2,1-3H3. The van der Waals surface area contributed by atoms with Crippen molar-refractivity contribution < 1.29 is 8.42 Å². The number of hydrazine groups is 1. The van der Waals surface area contributed by atoms with Crippen LogP contribution in [0.2, 0.25) is 0 Å². The predicted molar refractivity (Wildman–Crippen MR) is 83.6 cm³/mol. The SMILES string of the molecule is Cc1cc(NN)cc(C)c1S(=O)(=O)N(C)c1cccnc1. The zero-order valence-corrected chi connectivity index (χ0v) is 13.0. The molecule has 1 aromatic carbocycles. The van der Waals surface area contributed by atoms with E-state index in [1.807, 2.05) is 0 Å². The topological polar surface area (TPSA) is 88.3 Å². The number of nitrogens with zero attached hydrogens (tertiary/aromatic N) is 2. The Morgan fingerprint density at radius 1 is 1.24 bits per heavy atom. The molecule has 1 heterocycles. The Balaban J connectivity index is 2.55. The lowest BCUT2D eigenvalue weighted by atomic mass is 10.1. The number of nitrogens with two attached hydrogens (primary N) is 1. The molecule has 1 aromatic heterocycles. The number of rotatable bonds is 4. The first kappa shape index (κ1) is 15.3. The third kappa shape index (κ3) is 2.84. The highest BCUT2D eigenvalue weighted by molar-refractivity contribution is 7.92. The van der Waals surface area contributed by atoms with Crippen LogP contribution in [0.4, 0.5) is 11.4 Å². The van der Waals surface area contributed by atoms with Gasteiger partial charge in [0.1, 0.15) is 0 Å². The molecule has 0 amide bonds. The lowest BCUT2D eigenvalue weighted by molar-refractivity contribution is 0.593. The van der Waals surface area contributed by atoms with Gasteiger partial charge >= 0.3 is 0 Å². The molecule has 0 saturated carbocycles. The van der Waals surface area contributed by atoms with Gasteiger partial charge < -0.3 is 5.43 Å². The molecule has 0 atom stereocenters. The zero-order valence-electron chi connectivity index (χ0n) is 12.2. The number of nitrogens with one attached hydrogen (secondary N) is 1. The quantitative estimate of drug-likeness (QED) is 0.664. The highest BCUT2D eigenvalue weighted by Crippen LogP contribution is 2.28. The summed E-state index contributed by atoms with van der Waals surface area (Å²) in [6, 6.07) is 6.81. The van der Waals surface area contributed by atoms with Gasteiger partial charge in [0, 0.05) is 18.9 Å². The Morgan fingerprint density at radius 3 is 2.33 bits per heavy atom. The fourth-order valence-corrected chi connectivity index (χ4v) is 3.85. The van der Waals surface area contributed by atoms with Crippen LogP contribution >= 0.6 is 0 Å². The Bertz CT molecular complexity index is 722. The number of sulfonamides is 1. The second-order valence-corrected chi connectivity index (χ2v) is 6.67. The van der Waals surface area contributed by atoms with E-state index in [1.54, 1.807) is 44.3 Å². The maximum atomic E-state index is 12.8. The van der Waals surface area contributed by atoms with Crippen LogP contribution in [-0.2, 0) is 10.0 Å². The molecule has 0 radical (unpaired) electrons. The number of benzene rings is 1. The summed E-state index contributed by atoms with van der Waals surface area (Å²) in [5.41, 5.74) is 4.99. The van der Waals surface area contributed by atoms with E-state index in [2.05, 4.69) is 10.4 Å². The smallest absolute Gasteiger partial charge is 0.264 e. The lowest BCUT2D eigenvalue weighted by Gasteiger charge is -2.22. The number of hydrogen-bond acceptors (Lipinski definition) is 5. The summed E-state index contributed by atoms with van der Waals surface area (Å²) < 4.78 is 26.9. The van der Waals surface area contributed by atoms with Crippen molar-refractivity contribution in [1.29, 1.82) is 0 Å². The summed E-state index contributed by atoms with van der Waals surface area (Å²) in [6.45, 7) is 3.50. The Labute approximate surface area is 124 Å². The maximum Gasteiger partial charge on any atom is 0.264 e. The fourth-order valence-electron chi connectivity index (χ4n) is 2.26. The molecule has 0 spiro atoms. The molecule has 0 fully saturated rings. The van der Waals surface area contributed by atoms with E-state index in [0.717, 1.165) is 0 Å². The molecule has 0 aliphatic carbocycles. The van der Waals surface area contributed by atoms with Gasteiger partial charge in [0.2, 0.25) is 0 Å². The minimum absolute atomic E-state index is 0.285. The summed E-state index contributed by atoms with van der Waals surface area (Å²) in [6.07, 6.45) is 3.11. The van der Waals surface area contributed by atoms with Crippen LogP contribution in [0.5, 0.6) is 0 Å². The van der Waals surface area contributed by atoms with Gasteiger partial charge in [0.25, 0.3) is 10.0 Å². The normalized spacial score (nSPS) is 11.2. The van der Waals surface area contributed by atoms with Gasteiger partial charge in [-0.2, -0.15) is 0 Å². The van der Waals surface area contributed by atoms with Crippen molar-refractivity contribution in [2.24, 2.45) is 5.84 Å². The van der Waals surface area contributed by atoms with E-state index < -0.39 is 10.0 Å². The van der Waals surface area contributed by atoms with Gasteiger partial charge in [-0.1, -0.05) is 0 Å². The summed E-state index contributed by atoms with van der Waals surface area (Å²) in [5.74, 6) is 5.38.